The monoisotopic (exact) mass is 284 g/mol. The molecule has 1 aliphatic heterocycles. The molecule has 0 N–H and O–H groups in total. The third kappa shape index (κ3) is 1.69. The minimum Gasteiger partial charge on any atom is -0.312 e. The lowest BCUT2D eigenvalue weighted by Crippen LogP contribution is -2.25. The zero-order valence-electron chi connectivity index (χ0n) is 8.57. The van der Waals surface area contributed by atoms with Crippen LogP contribution in [0.2, 0.25) is 0 Å². The maximum atomic E-state index is 11.3. The quantitative estimate of drug-likeness (QED) is 0.587. The molecule has 0 radical (unpaired) electrons. The van der Waals surface area contributed by atoms with E-state index < -0.39 is 4.92 Å². The Labute approximate surface area is 100 Å². The summed E-state index contributed by atoms with van der Waals surface area (Å²) in [4.78, 5) is 23.2. The van der Waals surface area contributed by atoms with E-state index in [2.05, 4.69) is 15.9 Å². The van der Waals surface area contributed by atoms with Gasteiger partial charge in [0.25, 0.3) is 5.69 Å². The van der Waals surface area contributed by atoms with E-state index in [0.29, 0.717) is 16.7 Å². The van der Waals surface area contributed by atoms with Crippen LogP contribution in [0.1, 0.15) is 12.5 Å². The topological polar surface area (TPSA) is 63.5 Å². The van der Waals surface area contributed by atoms with E-state index in [1.165, 1.54) is 13.0 Å². The first-order chi connectivity index (χ1) is 7.50. The van der Waals surface area contributed by atoms with Gasteiger partial charge in [-0.1, -0.05) is 0 Å². The summed E-state index contributed by atoms with van der Waals surface area (Å²) in [6, 6.07) is 3.17. The lowest BCUT2D eigenvalue weighted by Gasteiger charge is -2.14. The highest BCUT2D eigenvalue weighted by molar-refractivity contribution is 9.10. The maximum Gasteiger partial charge on any atom is 0.285 e. The lowest BCUT2D eigenvalue weighted by molar-refractivity contribution is -0.385. The van der Waals surface area contributed by atoms with Gasteiger partial charge in [0.15, 0.2) is 0 Å². The van der Waals surface area contributed by atoms with E-state index in [9.17, 15) is 14.9 Å². The number of hydrogen-bond acceptors (Lipinski definition) is 3. The standard InChI is InChI=1S/C10H9BrN2O3/c1-6(14)12-3-2-7-4-8(11)10(13(15)16)5-9(7)12/h4-5H,2-3H2,1H3. The Morgan fingerprint density at radius 3 is 2.81 bits per heavy atom. The van der Waals surface area contributed by atoms with Crippen LogP contribution < -0.4 is 4.90 Å². The van der Waals surface area contributed by atoms with Crippen LogP contribution in [-0.2, 0) is 11.2 Å². The molecule has 84 valence electrons. The molecule has 0 atom stereocenters. The molecule has 16 heavy (non-hydrogen) atoms. The van der Waals surface area contributed by atoms with E-state index in [0.717, 1.165) is 12.0 Å². The van der Waals surface area contributed by atoms with Crippen molar-refractivity contribution >= 4 is 33.2 Å². The van der Waals surface area contributed by atoms with Gasteiger partial charge in [0.05, 0.1) is 15.1 Å². The van der Waals surface area contributed by atoms with Crippen molar-refractivity contribution in [3.8, 4) is 0 Å². The van der Waals surface area contributed by atoms with Gasteiger partial charge in [0, 0.05) is 19.5 Å². The number of anilines is 1. The van der Waals surface area contributed by atoms with Gasteiger partial charge in [-0.3, -0.25) is 14.9 Å². The SMILES string of the molecule is CC(=O)N1CCc2cc(Br)c([N+](=O)[O-])cc21. The molecule has 0 aliphatic carbocycles. The molecule has 1 amide bonds. The highest BCUT2D eigenvalue weighted by Gasteiger charge is 2.26. The molecule has 0 saturated carbocycles. The zero-order valence-corrected chi connectivity index (χ0v) is 10.2. The van der Waals surface area contributed by atoms with Crippen LogP contribution in [0.4, 0.5) is 11.4 Å². The van der Waals surface area contributed by atoms with Crippen LogP contribution >= 0.6 is 15.9 Å². The molecule has 6 heteroatoms. The van der Waals surface area contributed by atoms with Gasteiger partial charge in [0.1, 0.15) is 0 Å². The highest BCUT2D eigenvalue weighted by atomic mass is 79.9. The predicted molar refractivity (Wildman–Crippen MR) is 62.5 cm³/mol. The lowest BCUT2D eigenvalue weighted by atomic mass is 10.1. The fourth-order valence-corrected chi connectivity index (χ4v) is 2.40. The van der Waals surface area contributed by atoms with Gasteiger partial charge < -0.3 is 4.90 Å². The number of nitrogens with zero attached hydrogens (tertiary/aromatic N) is 2. The Hall–Kier alpha value is -1.43. The summed E-state index contributed by atoms with van der Waals surface area (Å²) in [6.45, 7) is 2.06. The summed E-state index contributed by atoms with van der Waals surface area (Å²) in [7, 11) is 0. The number of nitro groups is 1. The van der Waals surface area contributed by atoms with Crippen molar-refractivity contribution in [1.29, 1.82) is 0 Å². The average Bonchev–Trinajstić information content (AvgIpc) is 2.58. The summed E-state index contributed by atoms with van der Waals surface area (Å²) in [5.74, 6) is -0.0876. The number of carbonyl (C=O) groups is 1. The number of nitro benzene ring substituents is 1. The van der Waals surface area contributed by atoms with Gasteiger partial charge in [0.2, 0.25) is 5.91 Å². The van der Waals surface area contributed by atoms with Crippen LogP contribution in [0.25, 0.3) is 0 Å². The number of benzene rings is 1. The Balaban J connectivity index is 2.54. The molecule has 1 aromatic rings. The average molecular weight is 285 g/mol. The second-order valence-electron chi connectivity index (χ2n) is 3.61. The Bertz CT molecular complexity index is 487. The zero-order chi connectivity index (χ0) is 11.9. The Morgan fingerprint density at radius 1 is 1.56 bits per heavy atom. The maximum absolute atomic E-state index is 11.3. The van der Waals surface area contributed by atoms with Gasteiger partial charge in [-0.25, -0.2) is 0 Å². The second-order valence-corrected chi connectivity index (χ2v) is 4.46. The fraction of sp³-hybridized carbons (Fsp3) is 0.300. The second kappa shape index (κ2) is 3.86. The molecule has 1 aliphatic rings. The van der Waals surface area contributed by atoms with Crippen molar-refractivity contribution in [1.82, 2.24) is 0 Å². The van der Waals surface area contributed by atoms with Gasteiger partial charge in [-0.05, 0) is 34.0 Å². The summed E-state index contributed by atoms with van der Waals surface area (Å²) < 4.78 is 0.460. The van der Waals surface area contributed by atoms with Crippen LogP contribution in [0, 0.1) is 10.1 Å². The minimum absolute atomic E-state index is 0.00750. The predicted octanol–water partition coefficient (Wildman–Crippen LogP) is 2.27. The molecule has 0 unspecified atom stereocenters. The molecule has 0 saturated heterocycles. The molecule has 2 rings (SSSR count). The van der Waals surface area contributed by atoms with E-state index in [1.807, 2.05) is 0 Å². The number of rotatable bonds is 1. The molecule has 0 aromatic heterocycles. The van der Waals surface area contributed by atoms with E-state index in [-0.39, 0.29) is 11.6 Å². The number of fused-ring (bicyclic) bond motifs is 1. The Kier molecular flexibility index (Phi) is 2.67. The van der Waals surface area contributed by atoms with Crippen molar-refractivity contribution in [2.75, 3.05) is 11.4 Å². The fourth-order valence-electron chi connectivity index (χ4n) is 1.86. The van der Waals surface area contributed by atoms with Crippen LogP contribution in [0.5, 0.6) is 0 Å². The summed E-state index contributed by atoms with van der Waals surface area (Å²) in [5, 5.41) is 10.8. The van der Waals surface area contributed by atoms with Gasteiger partial charge in [-0.2, -0.15) is 0 Å². The number of hydrogen-bond donors (Lipinski definition) is 0. The van der Waals surface area contributed by atoms with Crippen molar-refractivity contribution in [3.63, 3.8) is 0 Å². The molecule has 5 nitrogen and oxygen atoms in total. The smallest absolute Gasteiger partial charge is 0.285 e. The minimum atomic E-state index is -0.457. The molecule has 0 fully saturated rings. The molecular weight excluding hydrogens is 276 g/mol. The molecule has 0 bridgehead atoms. The number of amides is 1. The first-order valence-corrected chi connectivity index (χ1v) is 5.55. The molecule has 1 aromatic carbocycles. The van der Waals surface area contributed by atoms with Crippen molar-refractivity contribution in [2.45, 2.75) is 13.3 Å². The number of halogens is 1. The highest BCUT2D eigenvalue weighted by Crippen LogP contribution is 2.36. The molecule has 0 spiro atoms. The van der Waals surface area contributed by atoms with Crippen LogP contribution in [-0.4, -0.2) is 17.4 Å². The summed E-state index contributed by atoms with van der Waals surface area (Å²) in [6.07, 6.45) is 0.742. The summed E-state index contributed by atoms with van der Waals surface area (Å²) >= 11 is 3.16. The first kappa shape index (κ1) is 11.1. The van der Waals surface area contributed by atoms with Gasteiger partial charge >= 0.3 is 0 Å². The van der Waals surface area contributed by atoms with E-state index >= 15 is 0 Å². The largest absolute Gasteiger partial charge is 0.312 e. The van der Waals surface area contributed by atoms with Gasteiger partial charge in [-0.15, -0.1) is 0 Å². The van der Waals surface area contributed by atoms with Crippen LogP contribution in [0.3, 0.4) is 0 Å². The number of carbonyl (C=O) groups excluding carboxylic acids is 1. The molecule has 1 heterocycles. The molecular formula is C10H9BrN2O3. The normalized spacial score (nSPS) is 13.8. The van der Waals surface area contributed by atoms with Crippen molar-refractivity contribution in [2.24, 2.45) is 0 Å². The van der Waals surface area contributed by atoms with Crippen molar-refractivity contribution < 1.29 is 9.72 Å². The van der Waals surface area contributed by atoms with E-state index in [1.54, 1.807) is 11.0 Å². The Morgan fingerprint density at radius 2 is 2.25 bits per heavy atom. The summed E-state index contributed by atoms with van der Waals surface area (Å²) in [5.41, 5.74) is 1.61. The first-order valence-electron chi connectivity index (χ1n) is 4.75. The third-order valence-electron chi connectivity index (χ3n) is 2.62. The van der Waals surface area contributed by atoms with Crippen LogP contribution in [0.15, 0.2) is 16.6 Å². The van der Waals surface area contributed by atoms with Crippen molar-refractivity contribution in [3.05, 3.63) is 32.3 Å². The third-order valence-corrected chi connectivity index (χ3v) is 3.26. The van der Waals surface area contributed by atoms with E-state index in [4.69, 9.17) is 0 Å².